The third-order valence-electron chi connectivity index (χ3n) is 4.43. The van der Waals surface area contributed by atoms with Crippen LogP contribution in [-0.2, 0) is 11.3 Å². The first-order valence-electron chi connectivity index (χ1n) is 7.11. The molecule has 0 spiro atoms. The summed E-state index contributed by atoms with van der Waals surface area (Å²) in [5, 5.41) is 13.8. The van der Waals surface area contributed by atoms with Gasteiger partial charge in [0.05, 0.1) is 10.8 Å². The Labute approximate surface area is 122 Å². The lowest BCUT2D eigenvalue weighted by atomic mass is 9.91. The van der Waals surface area contributed by atoms with Crippen molar-refractivity contribution in [2.24, 2.45) is 5.92 Å². The van der Waals surface area contributed by atoms with Crippen molar-refractivity contribution in [1.29, 1.82) is 0 Å². The van der Waals surface area contributed by atoms with Crippen LogP contribution in [0.4, 0.5) is 11.4 Å². The number of amides is 1. The molecule has 7 nitrogen and oxygen atoms in total. The van der Waals surface area contributed by atoms with Crippen LogP contribution in [0.5, 0.6) is 0 Å². The Kier molecular flexibility index (Phi) is 3.50. The first kappa shape index (κ1) is 13.8. The Balaban J connectivity index is 1.81. The highest BCUT2D eigenvalue weighted by atomic mass is 16.6. The van der Waals surface area contributed by atoms with Gasteiger partial charge in [-0.3, -0.25) is 19.8 Å². The molecule has 21 heavy (non-hydrogen) atoms. The number of nitro groups is 1. The number of piperidine rings is 1. The molecule has 1 aromatic rings. The van der Waals surface area contributed by atoms with E-state index in [2.05, 4.69) is 10.2 Å². The van der Waals surface area contributed by atoms with Crippen LogP contribution in [0, 0.1) is 16.0 Å². The third-order valence-corrected chi connectivity index (χ3v) is 4.43. The average Bonchev–Trinajstić information content (AvgIpc) is 2.84. The summed E-state index contributed by atoms with van der Waals surface area (Å²) < 4.78 is 0. The molecule has 0 aliphatic carbocycles. The third kappa shape index (κ3) is 2.56. The van der Waals surface area contributed by atoms with Crippen LogP contribution in [0.1, 0.15) is 18.4 Å². The molecule has 0 bridgehead atoms. The van der Waals surface area contributed by atoms with E-state index in [0.29, 0.717) is 18.8 Å². The Morgan fingerprint density at radius 1 is 1.48 bits per heavy atom. The van der Waals surface area contributed by atoms with E-state index >= 15 is 0 Å². The topological polar surface area (TPSA) is 102 Å². The Morgan fingerprint density at radius 3 is 3.05 bits per heavy atom. The summed E-state index contributed by atoms with van der Waals surface area (Å²) in [5.41, 5.74) is 7.30. The quantitative estimate of drug-likeness (QED) is 0.489. The number of likely N-dealkylation sites (tertiary alicyclic amines) is 1. The molecule has 112 valence electrons. The largest absolute Gasteiger partial charge is 0.398 e. The number of rotatable bonds is 3. The average molecular weight is 290 g/mol. The highest BCUT2D eigenvalue weighted by Gasteiger charge is 2.40. The standard InChI is InChI=1S/C14H18N4O3/c15-12-4-3-10(18(20)21)6-9(12)8-17-5-1-2-11-13(17)7-16-14(11)19/h3-4,6,11,13H,1-2,5,7-8,15H2,(H,16,19). The van der Waals surface area contributed by atoms with Gasteiger partial charge < -0.3 is 11.1 Å². The first-order valence-corrected chi connectivity index (χ1v) is 7.11. The van der Waals surface area contributed by atoms with Crippen molar-refractivity contribution in [2.75, 3.05) is 18.8 Å². The number of anilines is 1. The summed E-state index contributed by atoms with van der Waals surface area (Å²) in [4.78, 5) is 24.4. The molecule has 2 atom stereocenters. The van der Waals surface area contributed by atoms with E-state index in [-0.39, 0.29) is 23.6 Å². The molecule has 3 rings (SSSR count). The first-order chi connectivity index (χ1) is 10.1. The van der Waals surface area contributed by atoms with Gasteiger partial charge in [-0.15, -0.1) is 0 Å². The summed E-state index contributed by atoms with van der Waals surface area (Å²) in [6.07, 6.45) is 1.88. The van der Waals surface area contributed by atoms with E-state index in [4.69, 9.17) is 5.73 Å². The van der Waals surface area contributed by atoms with Crippen LogP contribution in [0.3, 0.4) is 0 Å². The summed E-state index contributed by atoms with van der Waals surface area (Å²) in [6.45, 7) is 2.08. The molecule has 2 aliphatic rings. The summed E-state index contributed by atoms with van der Waals surface area (Å²) >= 11 is 0. The predicted molar refractivity (Wildman–Crippen MR) is 77.4 cm³/mol. The number of nitrogens with zero attached hydrogens (tertiary/aromatic N) is 2. The van der Waals surface area contributed by atoms with Crippen LogP contribution >= 0.6 is 0 Å². The second-order valence-corrected chi connectivity index (χ2v) is 5.67. The molecule has 2 unspecified atom stereocenters. The van der Waals surface area contributed by atoms with E-state index < -0.39 is 4.92 Å². The minimum Gasteiger partial charge on any atom is -0.398 e. The molecule has 0 aromatic heterocycles. The van der Waals surface area contributed by atoms with Crippen molar-refractivity contribution in [2.45, 2.75) is 25.4 Å². The lowest BCUT2D eigenvalue weighted by Crippen LogP contribution is -2.45. The predicted octanol–water partition coefficient (Wildman–Crippen LogP) is 0.887. The zero-order valence-electron chi connectivity index (χ0n) is 11.6. The minimum atomic E-state index is -0.414. The number of fused-ring (bicyclic) bond motifs is 1. The van der Waals surface area contributed by atoms with E-state index in [1.165, 1.54) is 12.1 Å². The molecule has 7 heteroatoms. The number of nitro benzene ring substituents is 1. The number of hydrogen-bond acceptors (Lipinski definition) is 5. The summed E-state index contributed by atoms with van der Waals surface area (Å²) in [5.74, 6) is 0.162. The van der Waals surface area contributed by atoms with Gasteiger partial charge in [0.2, 0.25) is 5.91 Å². The molecule has 1 aromatic carbocycles. The van der Waals surface area contributed by atoms with Crippen molar-refractivity contribution in [3.8, 4) is 0 Å². The molecule has 3 N–H and O–H groups in total. The monoisotopic (exact) mass is 290 g/mol. The van der Waals surface area contributed by atoms with Gasteiger partial charge >= 0.3 is 0 Å². The molecule has 2 heterocycles. The number of benzene rings is 1. The van der Waals surface area contributed by atoms with E-state index in [0.717, 1.165) is 24.9 Å². The molecule has 1 amide bonds. The van der Waals surface area contributed by atoms with Crippen molar-refractivity contribution < 1.29 is 9.72 Å². The fraction of sp³-hybridized carbons (Fsp3) is 0.500. The molecule has 2 saturated heterocycles. The molecular formula is C14H18N4O3. The van der Waals surface area contributed by atoms with Gasteiger partial charge in [-0.2, -0.15) is 0 Å². The lowest BCUT2D eigenvalue weighted by molar-refractivity contribution is -0.384. The van der Waals surface area contributed by atoms with Crippen LogP contribution in [-0.4, -0.2) is 34.9 Å². The highest BCUT2D eigenvalue weighted by molar-refractivity contribution is 5.82. The Morgan fingerprint density at radius 2 is 2.29 bits per heavy atom. The highest BCUT2D eigenvalue weighted by Crippen LogP contribution is 2.30. The van der Waals surface area contributed by atoms with Crippen LogP contribution in [0.15, 0.2) is 18.2 Å². The van der Waals surface area contributed by atoms with Gasteiger partial charge in [-0.05, 0) is 31.0 Å². The number of hydrogen-bond donors (Lipinski definition) is 2. The van der Waals surface area contributed by atoms with Crippen molar-refractivity contribution in [3.63, 3.8) is 0 Å². The van der Waals surface area contributed by atoms with Gasteiger partial charge in [0.25, 0.3) is 5.69 Å². The molecule has 0 radical (unpaired) electrons. The maximum Gasteiger partial charge on any atom is 0.269 e. The fourth-order valence-corrected chi connectivity index (χ4v) is 3.30. The van der Waals surface area contributed by atoms with E-state index in [1.807, 2.05) is 0 Å². The minimum absolute atomic E-state index is 0.0404. The number of nitrogens with one attached hydrogen (secondary N) is 1. The summed E-state index contributed by atoms with van der Waals surface area (Å²) in [7, 11) is 0. The lowest BCUT2D eigenvalue weighted by Gasteiger charge is -2.36. The fourth-order valence-electron chi connectivity index (χ4n) is 3.30. The molecule has 2 aliphatic heterocycles. The normalized spacial score (nSPS) is 25.4. The Bertz CT molecular complexity index is 590. The van der Waals surface area contributed by atoms with Gasteiger partial charge in [0.15, 0.2) is 0 Å². The summed E-state index contributed by atoms with van der Waals surface area (Å²) in [6, 6.07) is 4.69. The zero-order valence-corrected chi connectivity index (χ0v) is 11.6. The number of non-ortho nitro benzene ring substituents is 1. The van der Waals surface area contributed by atoms with Gasteiger partial charge in [0.1, 0.15) is 0 Å². The van der Waals surface area contributed by atoms with Crippen molar-refractivity contribution >= 4 is 17.3 Å². The zero-order chi connectivity index (χ0) is 15.0. The molecular weight excluding hydrogens is 272 g/mol. The number of carbonyl (C=O) groups is 1. The smallest absolute Gasteiger partial charge is 0.269 e. The van der Waals surface area contributed by atoms with E-state index in [1.54, 1.807) is 6.07 Å². The molecule has 2 fully saturated rings. The van der Waals surface area contributed by atoms with Crippen LogP contribution in [0.2, 0.25) is 0 Å². The second-order valence-electron chi connectivity index (χ2n) is 5.67. The van der Waals surface area contributed by atoms with Crippen LogP contribution < -0.4 is 11.1 Å². The SMILES string of the molecule is Nc1ccc([N+](=O)[O-])cc1CN1CCCC2C(=O)NCC21. The van der Waals surface area contributed by atoms with E-state index in [9.17, 15) is 14.9 Å². The van der Waals surface area contributed by atoms with Gasteiger partial charge in [0, 0.05) is 37.0 Å². The maximum absolute atomic E-state index is 11.8. The Hall–Kier alpha value is -2.15. The number of nitrogens with two attached hydrogens (primary N) is 1. The van der Waals surface area contributed by atoms with Crippen molar-refractivity contribution in [3.05, 3.63) is 33.9 Å². The van der Waals surface area contributed by atoms with Crippen molar-refractivity contribution in [1.82, 2.24) is 10.2 Å². The number of carbonyl (C=O) groups excluding carboxylic acids is 1. The maximum atomic E-state index is 11.8. The molecule has 0 saturated carbocycles. The van der Waals surface area contributed by atoms with Gasteiger partial charge in [-0.25, -0.2) is 0 Å². The second kappa shape index (κ2) is 5.33. The van der Waals surface area contributed by atoms with Crippen LogP contribution in [0.25, 0.3) is 0 Å². The number of nitrogen functional groups attached to an aromatic ring is 1. The van der Waals surface area contributed by atoms with Gasteiger partial charge in [-0.1, -0.05) is 0 Å².